The highest BCUT2D eigenvalue weighted by Gasteiger charge is 2.25. The summed E-state index contributed by atoms with van der Waals surface area (Å²) >= 11 is -0.225. The number of hydrogen-bond donors (Lipinski definition) is 1. The fraction of sp³-hybridized carbons (Fsp3) is 0.833. The van der Waals surface area contributed by atoms with E-state index in [1.807, 2.05) is 11.4 Å². The zero-order chi connectivity index (χ0) is 7.72. The van der Waals surface area contributed by atoms with Crippen LogP contribution in [0.4, 0.5) is 4.79 Å². The minimum absolute atomic E-state index is 0.191. The van der Waals surface area contributed by atoms with Gasteiger partial charge < -0.3 is 4.90 Å². The van der Waals surface area contributed by atoms with Crippen LogP contribution in [0.2, 0.25) is 0 Å². The normalized spacial score (nSPS) is 20.3. The molecule has 2 amide bonds. The van der Waals surface area contributed by atoms with Gasteiger partial charge in [0.25, 0.3) is 0 Å². The SMILES string of the molecule is CN1CCN([SH](C)C)C1=O. The topological polar surface area (TPSA) is 23.6 Å². The Balaban J connectivity index is 2.57. The van der Waals surface area contributed by atoms with E-state index in [1.165, 1.54) is 0 Å². The number of thiol groups is 1. The first-order chi connectivity index (χ1) is 4.63. The first-order valence-electron chi connectivity index (χ1n) is 3.33. The third-order valence-electron chi connectivity index (χ3n) is 1.68. The molecule has 0 bridgehead atoms. The molecule has 4 heteroatoms. The second-order valence-corrected chi connectivity index (χ2v) is 4.85. The number of urea groups is 1. The van der Waals surface area contributed by atoms with Crippen molar-refractivity contribution in [1.29, 1.82) is 0 Å². The van der Waals surface area contributed by atoms with E-state index < -0.39 is 0 Å². The van der Waals surface area contributed by atoms with Gasteiger partial charge >= 0.3 is 6.03 Å². The Morgan fingerprint density at radius 3 is 2.20 bits per heavy atom. The molecule has 0 spiro atoms. The molecule has 1 aliphatic rings. The lowest BCUT2D eigenvalue weighted by Gasteiger charge is -2.22. The Labute approximate surface area is 64.5 Å². The van der Waals surface area contributed by atoms with Crippen LogP contribution in [0.1, 0.15) is 0 Å². The molecule has 1 fully saturated rings. The maximum absolute atomic E-state index is 11.2. The summed E-state index contributed by atoms with van der Waals surface area (Å²) in [6.07, 6.45) is 4.21. The van der Waals surface area contributed by atoms with Crippen LogP contribution in [0.15, 0.2) is 0 Å². The minimum Gasteiger partial charge on any atom is -0.325 e. The van der Waals surface area contributed by atoms with Gasteiger partial charge in [-0.25, -0.2) is 4.79 Å². The molecule has 1 heterocycles. The van der Waals surface area contributed by atoms with Gasteiger partial charge in [0, 0.05) is 20.1 Å². The van der Waals surface area contributed by atoms with Crippen LogP contribution in [0.25, 0.3) is 0 Å². The molecular weight excluding hydrogens is 148 g/mol. The van der Waals surface area contributed by atoms with E-state index in [0.717, 1.165) is 13.1 Å². The van der Waals surface area contributed by atoms with Crippen molar-refractivity contribution in [3.63, 3.8) is 0 Å². The lowest BCUT2D eigenvalue weighted by Crippen LogP contribution is -2.26. The molecule has 0 N–H and O–H groups in total. The van der Waals surface area contributed by atoms with Crippen molar-refractivity contribution < 1.29 is 4.79 Å². The summed E-state index contributed by atoms with van der Waals surface area (Å²) in [4.78, 5) is 13.0. The molecule has 0 unspecified atom stereocenters. The summed E-state index contributed by atoms with van der Waals surface area (Å²) in [5, 5.41) is 0. The van der Waals surface area contributed by atoms with E-state index in [0.29, 0.717) is 0 Å². The van der Waals surface area contributed by atoms with Crippen LogP contribution in [0, 0.1) is 0 Å². The van der Waals surface area contributed by atoms with Gasteiger partial charge in [0.1, 0.15) is 0 Å². The first-order valence-corrected chi connectivity index (χ1v) is 5.51. The summed E-state index contributed by atoms with van der Waals surface area (Å²) in [6, 6.07) is 0.191. The quantitative estimate of drug-likeness (QED) is 0.559. The molecule has 0 atom stereocenters. The molecule has 3 nitrogen and oxygen atoms in total. The van der Waals surface area contributed by atoms with E-state index >= 15 is 0 Å². The maximum atomic E-state index is 11.2. The highest BCUT2D eigenvalue weighted by Crippen LogP contribution is 2.25. The number of rotatable bonds is 1. The molecule has 10 heavy (non-hydrogen) atoms. The van der Waals surface area contributed by atoms with E-state index in [4.69, 9.17) is 0 Å². The highest BCUT2D eigenvalue weighted by molar-refractivity contribution is 8.14. The fourth-order valence-corrected chi connectivity index (χ4v) is 1.99. The molecule has 0 aromatic rings. The molecule has 1 rings (SSSR count). The minimum atomic E-state index is -0.225. The summed E-state index contributed by atoms with van der Waals surface area (Å²) in [5.74, 6) is 0. The van der Waals surface area contributed by atoms with Gasteiger partial charge in [-0.2, -0.15) is 11.1 Å². The molecule has 0 saturated carbocycles. The monoisotopic (exact) mass is 162 g/mol. The molecule has 0 radical (unpaired) electrons. The summed E-state index contributed by atoms with van der Waals surface area (Å²) in [7, 11) is 1.85. The van der Waals surface area contributed by atoms with Gasteiger partial charge in [-0.1, -0.05) is 0 Å². The second-order valence-electron chi connectivity index (χ2n) is 2.67. The van der Waals surface area contributed by atoms with Crippen LogP contribution in [-0.2, 0) is 0 Å². The van der Waals surface area contributed by atoms with Crippen LogP contribution >= 0.6 is 11.1 Å². The fourth-order valence-electron chi connectivity index (χ4n) is 1.00. The van der Waals surface area contributed by atoms with Gasteiger partial charge in [-0.15, -0.1) is 0 Å². The van der Waals surface area contributed by atoms with Crippen molar-refractivity contribution in [2.24, 2.45) is 0 Å². The number of carbonyl (C=O) groups excluding carboxylic acids is 1. The second kappa shape index (κ2) is 2.70. The molecule has 0 aliphatic carbocycles. The van der Waals surface area contributed by atoms with Gasteiger partial charge in [-0.05, 0) is 12.5 Å². The van der Waals surface area contributed by atoms with Crippen molar-refractivity contribution in [2.75, 3.05) is 32.6 Å². The number of carbonyl (C=O) groups is 1. The van der Waals surface area contributed by atoms with Crippen LogP contribution in [0.5, 0.6) is 0 Å². The van der Waals surface area contributed by atoms with Gasteiger partial charge in [0.2, 0.25) is 0 Å². The summed E-state index contributed by atoms with van der Waals surface area (Å²) < 4.78 is 1.94. The summed E-state index contributed by atoms with van der Waals surface area (Å²) in [6.45, 7) is 1.80. The Bertz CT molecular complexity index is 149. The van der Waals surface area contributed by atoms with Crippen molar-refractivity contribution in [2.45, 2.75) is 0 Å². The Kier molecular flexibility index (Phi) is 2.08. The molecule has 1 saturated heterocycles. The van der Waals surface area contributed by atoms with Gasteiger partial charge in [-0.3, -0.25) is 4.31 Å². The van der Waals surface area contributed by atoms with E-state index in [-0.39, 0.29) is 17.1 Å². The number of hydrogen-bond acceptors (Lipinski definition) is 1. The molecule has 60 valence electrons. The number of likely N-dealkylation sites (N-methyl/N-ethyl adjacent to an activating group) is 1. The van der Waals surface area contributed by atoms with Crippen molar-refractivity contribution in [3.05, 3.63) is 0 Å². The molecule has 0 aromatic heterocycles. The Morgan fingerprint density at radius 1 is 1.40 bits per heavy atom. The lowest BCUT2D eigenvalue weighted by atomic mass is 10.7. The van der Waals surface area contributed by atoms with Gasteiger partial charge in [0.15, 0.2) is 0 Å². The van der Waals surface area contributed by atoms with E-state index in [2.05, 4.69) is 12.5 Å². The predicted molar refractivity (Wildman–Crippen MR) is 45.6 cm³/mol. The number of nitrogens with zero attached hydrogens (tertiary/aromatic N) is 2. The van der Waals surface area contributed by atoms with Crippen molar-refractivity contribution in [3.8, 4) is 0 Å². The first kappa shape index (κ1) is 7.72. The Hall–Kier alpha value is -0.380. The molecular formula is C6H14N2OS. The van der Waals surface area contributed by atoms with E-state index in [1.54, 1.807) is 4.90 Å². The highest BCUT2D eigenvalue weighted by atomic mass is 32.2. The average Bonchev–Trinajstić information content (AvgIpc) is 2.14. The van der Waals surface area contributed by atoms with Crippen LogP contribution in [0.3, 0.4) is 0 Å². The van der Waals surface area contributed by atoms with Crippen LogP contribution < -0.4 is 0 Å². The third kappa shape index (κ3) is 1.21. The maximum Gasteiger partial charge on any atom is 0.328 e. The zero-order valence-corrected chi connectivity index (χ0v) is 7.56. The largest absolute Gasteiger partial charge is 0.328 e. The summed E-state index contributed by atoms with van der Waals surface area (Å²) in [5.41, 5.74) is 0. The van der Waals surface area contributed by atoms with Crippen molar-refractivity contribution >= 4 is 17.1 Å². The average molecular weight is 162 g/mol. The lowest BCUT2D eigenvalue weighted by molar-refractivity contribution is 0.216. The smallest absolute Gasteiger partial charge is 0.325 e. The van der Waals surface area contributed by atoms with E-state index in [9.17, 15) is 4.79 Å². The van der Waals surface area contributed by atoms with Crippen LogP contribution in [-0.4, -0.2) is 47.9 Å². The predicted octanol–water partition coefficient (Wildman–Crippen LogP) is 0.530. The number of amides is 2. The standard InChI is InChI=1S/C6H14N2OS/c1-7-4-5-8(6(7)9)10(2)3/h10H,4-5H2,1-3H3. The third-order valence-corrected chi connectivity index (χ3v) is 3.01. The van der Waals surface area contributed by atoms with Gasteiger partial charge in [0.05, 0.1) is 0 Å². The Morgan fingerprint density at radius 2 is 2.00 bits per heavy atom. The molecule has 0 aromatic carbocycles. The zero-order valence-electron chi connectivity index (χ0n) is 6.66. The van der Waals surface area contributed by atoms with Crippen molar-refractivity contribution in [1.82, 2.24) is 9.21 Å². The molecule has 1 aliphatic heterocycles.